The number of nitrogens with two attached hydrogens (primary N) is 1. The molecule has 0 aliphatic heterocycles. The minimum atomic E-state index is -3.69. The van der Waals surface area contributed by atoms with E-state index >= 15 is 0 Å². The number of pyridine rings is 1. The maximum absolute atomic E-state index is 12.2. The Morgan fingerprint density at radius 3 is 2.65 bits per heavy atom. The smallest absolute Gasteiger partial charge is 0.261 e. The average Bonchev–Trinajstić information content (AvgIpc) is 2.38. The van der Waals surface area contributed by atoms with E-state index in [-0.39, 0.29) is 11.4 Å². The third-order valence-electron chi connectivity index (χ3n) is 2.68. The van der Waals surface area contributed by atoms with E-state index in [9.17, 15) is 8.42 Å². The van der Waals surface area contributed by atoms with Crippen molar-refractivity contribution in [3.8, 4) is 0 Å². The molecule has 0 amide bonds. The Morgan fingerprint density at radius 2 is 2.05 bits per heavy atom. The van der Waals surface area contributed by atoms with Gasteiger partial charge < -0.3 is 5.73 Å². The number of benzene rings is 1. The Labute approximate surface area is 122 Å². The summed E-state index contributed by atoms with van der Waals surface area (Å²) in [4.78, 5) is 4.02. The van der Waals surface area contributed by atoms with Gasteiger partial charge in [-0.05, 0) is 36.2 Å². The monoisotopic (exact) mass is 311 g/mol. The zero-order chi connectivity index (χ0) is 14.8. The number of aromatic nitrogens is 1. The number of hydrogen-bond donors (Lipinski definition) is 2. The lowest BCUT2D eigenvalue weighted by molar-refractivity contribution is 0.601. The van der Waals surface area contributed by atoms with E-state index in [4.69, 9.17) is 17.3 Å². The van der Waals surface area contributed by atoms with Crippen LogP contribution in [0.25, 0.3) is 0 Å². The van der Waals surface area contributed by atoms with Gasteiger partial charge >= 0.3 is 0 Å². The number of hydrogen-bond acceptors (Lipinski definition) is 4. The van der Waals surface area contributed by atoms with Crippen LogP contribution in [0.4, 0.5) is 5.69 Å². The van der Waals surface area contributed by atoms with E-state index in [0.717, 1.165) is 5.56 Å². The Bertz CT molecular complexity index is 732. The fraction of sp³-hybridized carbons (Fsp3) is 0.154. The summed E-state index contributed by atoms with van der Waals surface area (Å²) < 4.78 is 26.9. The quantitative estimate of drug-likeness (QED) is 0.907. The molecule has 0 saturated heterocycles. The molecule has 7 heteroatoms. The highest BCUT2D eigenvalue weighted by atomic mass is 35.5. The summed E-state index contributed by atoms with van der Waals surface area (Å²) in [5, 5.41) is 0.331. The highest BCUT2D eigenvalue weighted by molar-refractivity contribution is 7.92. The summed E-state index contributed by atoms with van der Waals surface area (Å²) >= 11 is 5.98. The summed E-state index contributed by atoms with van der Waals surface area (Å²) in [5.74, 6) is 0. The number of rotatable bonds is 4. The first kappa shape index (κ1) is 14.8. The molecule has 0 aliphatic carbocycles. The van der Waals surface area contributed by atoms with Gasteiger partial charge in [-0.15, -0.1) is 0 Å². The van der Waals surface area contributed by atoms with Crippen molar-refractivity contribution >= 4 is 27.3 Å². The summed E-state index contributed by atoms with van der Waals surface area (Å²) in [7, 11) is -3.69. The molecule has 0 spiro atoms. The molecule has 0 aliphatic rings. The molecule has 0 saturated carbocycles. The number of nitrogens with one attached hydrogen (secondary N) is 1. The molecule has 2 rings (SSSR count). The lowest BCUT2D eigenvalue weighted by atomic mass is 10.2. The van der Waals surface area contributed by atoms with Gasteiger partial charge in [0.2, 0.25) is 0 Å². The number of halogens is 1. The van der Waals surface area contributed by atoms with Crippen molar-refractivity contribution < 1.29 is 8.42 Å². The van der Waals surface area contributed by atoms with Gasteiger partial charge in [0, 0.05) is 17.8 Å². The minimum Gasteiger partial charge on any atom is -0.326 e. The van der Waals surface area contributed by atoms with Gasteiger partial charge in [-0.2, -0.15) is 0 Å². The predicted molar refractivity (Wildman–Crippen MR) is 79.1 cm³/mol. The topological polar surface area (TPSA) is 85.1 Å². The summed E-state index contributed by atoms with van der Waals surface area (Å²) in [5.41, 5.74) is 7.46. The first-order valence-electron chi connectivity index (χ1n) is 5.85. The number of aryl methyl sites for hydroxylation is 1. The van der Waals surface area contributed by atoms with Gasteiger partial charge in [0.1, 0.15) is 0 Å². The summed E-state index contributed by atoms with van der Waals surface area (Å²) in [6.07, 6.45) is 3.09. The highest BCUT2D eigenvalue weighted by Gasteiger charge is 2.15. The maximum Gasteiger partial charge on any atom is 0.261 e. The van der Waals surface area contributed by atoms with Crippen LogP contribution in [-0.4, -0.2) is 13.4 Å². The second kappa shape index (κ2) is 5.78. The number of anilines is 1. The zero-order valence-electron chi connectivity index (χ0n) is 10.8. The molecule has 3 N–H and O–H groups in total. The van der Waals surface area contributed by atoms with Crippen LogP contribution in [0.2, 0.25) is 5.02 Å². The molecule has 0 bridgehead atoms. The van der Waals surface area contributed by atoms with E-state index < -0.39 is 10.0 Å². The van der Waals surface area contributed by atoms with Gasteiger partial charge in [0.05, 0.1) is 16.8 Å². The van der Waals surface area contributed by atoms with Gasteiger partial charge in [-0.3, -0.25) is 9.71 Å². The van der Waals surface area contributed by atoms with Gasteiger partial charge in [0.15, 0.2) is 0 Å². The molecule has 1 aromatic heterocycles. The van der Waals surface area contributed by atoms with Crippen molar-refractivity contribution in [3.05, 3.63) is 52.8 Å². The first-order chi connectivity index (χ1) is 9.42. The van der Waals surface area contributed by atoms with E-state index in [1.54, 1.807) is 18.3 Å². The van der Waals surface area contributed by atoms with Crippen LogP contribution in [-0.2, 0) is 16.6 Å². The minimum absolute atomic E-state index is 0.0845. The molecule has 0 unspecified atom stereocenters. The largest absolute Gasteiger partial charge is 0.326 e. The van der Waals surface area contributed by atoms with Crippen LogP contribution < -0.4 is 10.5 Å². The van der Waals surface area contributed by atoms with Crippen molar-refractivity contribution in [2.24, 2.45) is 5.73 Å². The normalized spacial score (nSPS) is 11.3. The van der Waals surface area contributed by atoms with Crippen molar-refractivity contribution in [2.45, 2.75) is 18.4 Å². The van der Waals surface area contributed by atoms with E-state index in [1.807, 2.05) is 6.92 Å². The molecule has 20 heavy (non-hydrogen) atoms. The SMILES string of the molecule is Cc1cncc(NS(=O)(=O)c2ccc(CN)c(Cl)c2)c1. The average molecular weight is 312 g/mol. The maximum atomic E-state index is 12.2. The number of nitrogens with zero attached hydrogens (tertiary/aromatic N) is 1. The molecule has 1 heterocycles. The fourth-order valence-electron chi connectivity index (χ4n) is 1.69. The summed E-state index contributed by atoms with van der Waals surface area (Å²) in [6, 6.07) is 6.15. The molecule has 0 atom stereocenters. The van der Waals surface area contributed by atoms with E-state index in [2.05, 4.69) is 9.71 Å². The van der Waals surface area contributed by atoms with Gasteiger partial charge in [-0.1, -0.05) is 17.7 Å². The van der Waals surface area contributed by atoms with Crippen molar-refractivity contribution in [1.29, 1.82) is 0 Å². The highest BCUT2D eigenvalue weighted by Crippen LogP contribution is 2.22. The van der Waals surface area contributed by atoms with Crippen LogP contribution in [0.1, 0.15) is 11.1 Å². The Morgan fingerprint density at radius 1 is 1.30 bits per heavy atom. The van der Waals surface area contributed by atoms with Crippen molar-refractivity contribution in [2.75, 3.05) is 4.72 Å². The molecule has 2 aromatic rings. The molecule has 1 aromatic carbocycles. The second-order valence-corrected chi connectivity index (χ2v) is 6.40. The molecule has 106 valence electrons. The van der Waals surface area contributed by atoms with Crippen LogP contribution in [0.5, 0.6) is 0 Å². The lowest BCUT2D eigenvalue weighted by Crippen LogP contribution is -2.13. The molecule has 0 radical (unpaired) electrons. The standard InChI is InChI=1S/C13H14ClN3O2S/c1-9-4-11(8-16-7-9)17-20(18,19)12-3-2-10(6-15)13(14)5-12/h2-5,7-8,17H,6,15H2,1H3. The number of sulfonamides is 1. The Hall–Kier alpha value is -1.63. The lowest BCUT2D eigenvalue weighted by Gasteiger charge is -2.09. The summed E-state index contributed by atoms with van der Waals surface area (Å²) in [6.45, 7) is 2.09. The third kappa shape index (κ3) is 3.27. The first-order valence-corrected chi connectivity index (χ1v) is 7.71. The van der Waals surface area contributed by atoms with Crippen LogP contribution in [0.3, 0.4) is 0 Å². The molecule has 5 nitrogen and oxygen atoms in total. The van der Waals surface area contributed by atoms with Gasteiger partial charge in [0.25, 0.3) is 10.0 Å². The van der Waals surface area contributed by atoms with Gasteiger partial charge in [-0.25, -0.2) is 8.42 Å². The van der Waals surface area contributed by atoms with E-state index in [0.29, 0.717) is 16.3 Å². The van der Waals surface area contributed by atoms with E-state index in [1.165, 1.54) is 18.3 Å². The van der Waals surface area contributed by atoms with Crippen LogP contribution in [0, 0.1) is 6.92 Å². The van der Waals surface area contributed by atoms with Crippen LogP contribution in [0.15, 0.2) is 41.6 Å². The van der Waals surface area contributed by atoms with Crippen LogP contribution >= 0.6 is 11.6 Å². The third-order valence-corrected chi connectivity index (χ3v) is 4.41. The second-order valence-electron chi connectivity index (χ2n) is 4.31. The van der Waals surface area contributed by atoms with Crippen molar-refractivity contribution in [3.63, 3.8) is 0 Å². The molecule has 0 fully saturated rings. The van der Waals surface area contributed by atoms with Crippen molar-refractivity contribution in [1.82, 2.24) is 4.98 Å². The Balaban J connectivity index is 2.33. The Kier molecular flexibility index (Phi) is 4.27. The molecular formula is C13H14ClN3O2S. The zero-order valence-corrected chi connectivity index (χ0v) is 12.4. The molecular weight excluding hydrogens is 298 g/mol. The predicted octanol–water partition coefficient (Wildman–Crippen LogP) is 2.30. The fourth-order valence-corrected chi connectivity index (χ4v) is 3.07.